The van der Waals surface area contributed by atoms with Crippen molar-refractivity contribution in [2.75, 3.05) is 26.3 Å². The van der Waals surface area contributed by atoms with Crippen LogP contribution in [0.5, 0.6) is 0 Å². The van der Waals surface area contributed by atoms with E-state index in [1.165, 1.54) is 4.90 Å². The van der Waals surface area contributed by atoms with Crippen molar-refractivity contribution in [3.8, 4) is 0 Å². The van der Waals surface area contributed by atoms with Crippen LogP contribution in [0.3, 0.4) is 0 Å². The lowest BCUT2D eigenvalue weighted by Gasteiger charge is -2.37. The van der Waals surface area contributed by atoms with E-state index in [9.17, 15) is 14.5 Å². The molecule has 8 nitrogen and oxygen atoms in total. The largest absolute Gasteiger partial charge is 0.445 e. The first-order chi connectivity index (χ1) is 12.5. The number of nitrogens with zero attached hydrogens (tertiary/aromatic N) is 1. The summed E-state index contributed by atoms with van der Waals surface area (Å²) in [4.78, 5) is 13.8. The zero-order valence-electron chi connectivity index (χ0n) is 15.2. The maximum absolute atomic E-state index is 12.6. The molecule has 1 aromatic rings. The van der Waals surface area contributed by atoms with Crippen LogP contribution in [0.25, 0.3) is 0 Å². The fourth-order valence-electron chi connectivity index (χ4n) is 2.70. The quantitative estimate of drug-likeness (QED) is 0.663. The highest BCUT2D eigenvalue weighted by molar-refractivity contribution is 7.51. The van der Waals surface area contributed by atoms with Crippen LogP contribution >= 0.6 is 7.75 Å². The second kappa shape index (κ2) is 10.0. The van der Waals surface area contributed by atoms with Crippen molar-refractivity contribution in [1.29, 1.82) is 0 Å². The molecule has 2 rings (SSSR count). The molecule has 0 radical (unpaired) electrons. The van der Waals surface area contributed by atoms with Gasteiger partial charge in [-0.2, -0.15) is 0 Å². The van der Waals surface area contributed by atoms with E-state index in [0.29, 0.717) is 13.0 Å². The van der Waals surface area contributed by atoms with E-state index in [1.54, 1.807) is 13.8 Å². The molecule has 2 atom stereocenters. The van der Waals surface area contributed by atoms with E-state index in [1.807, 2.05) is 30.3 Å². The molecule has 0 aromatic heterocycles. The summed E-state index contributed by atoms with van der Waals surface area (Å²) in [5.74, 6) is 0. The van der Waals surface area contributed by atoms with Crippen molar-refractivity contribution in [2.24, 2.45) is 0 Å². The first-order valence-corrected chi connectivity index (χ1v) is 10.3. The van der Waals surface area contributed by atoms with Gasteiger partial charge in [0.15, 0.2) is 0 Å². The number of hydrogen-bond donors (Lipinski definition) is 2. The Hall–Kier alpha value is -1.44. The number of carbonyl (C=O) groups is 1. The molecule has 0 spiro atoms. The average molecular weight is 386 g/mol. The third-order valence-electron chi connectivity index (χ3n) is 3.96. The number of ether oxygens (including phenoxy) is 1. The number of hydrogen-bond acceptors (Lipinski definition) is 6. The highest BCUT2D eigenvalue weighted by Crippen LogP contribution is 2.44. The monoisotopic (exact) mass is 386 g/mol. The van der Waals surface area contributed by atoms with Gasteiger partial charge in [-0.25, -0.2) is 14.4 Å². The molecule has 0 bridgehead atoms. The van der Waals surface area contributed by atoms with Crippen molar-refractivity contribution in [3.63, 3.8) is 0 Å². The van der Waals surface area contributed by atoms with E-state index in [0.717, 1.165) is 5.56 Å². The Balaban J connectivity index is 1.93. The number of rotatable bonds is 8. The summed E-state index contributed by atoms with van der Waals surface area (Å²) in [5, 5.41) is 13.0. The van der Waals surface area contributed by atoms with E-state index in [2.05, 4.69) is 5.09 Å². The molecular formula is C17H27N2O6P. The maximum atomic E-state index is 12.6. The van der Waals surface area contributed by atoms with Crippen molar-refractivity contribution in [3.05, 3.63) is 35.9 Å². The van der Waals surface area contributed by atoms with Crippen molar-refractivity contribution in [1.82, 2.24) is 9.99 Å². The van der Waals surface area contributed by atoms with E-state index in [-0.39, 0.29) is 26.4 Å². The summed E-state index contributed by atoms with van der Waals surface area (Å²) in [6.07, 6.45) is -0.895. The SMILES string of the molecule is CCOP(=O)(N[C@@H]1CN(C(=O)OCc2ccccc2)CC[C@H]1O)OCC. The number of amides is 1. The van der Waals surface area contributed by atoms with Crippen molar-refractivity contribution >= 4 is 13.8 Å². The number of carbonyl (C=O) groups excluding carboxylic acids is 1. The van der Waals surface area contributed by atoms with Crippen LogP contribution in [0.15, 0.2) is 30.3 Å². The van der Waals surface area contributed by atoms with E-state index in [4.69, 9.17) is 13.8 Å². The van der Waals surface area contributed by atoms with Gasteiger partial charge in [-0.15, -0.1) is 0 Å². The fraction of sp³-hybridized carbons (Fsp3) is 0.588. The summed E-state index contributed by atoms with van der Waals surface area (Å²) < 4.78 is 28.3. The molecule has 1 amide bonds. The molecule has 0 saturated carbocycles. The van der Waals surface area contributed by atoms with Crippen molar-refractivity contribution < 1.29 is 28.3 Å². The highest BCUT2D eigenvalue weighted by Gasteiger charge is 2.36. The Labute approximate surface area is 154 Å². The predicted octanol–water partition coefficient (Wildman–Crippen LogP) is 2.53. The minimum Gasteiger partial charge on any atom is -0.445 e. The van der Waals surface area contributed by atoms with E-state index >= 15 is 0 Å². The number of aliphatic hydroxyl groups excluding tert-OH is 1. The summed E-state index contributed by atoms with van der Waals surface area (Å²) in [5.41, 5.74) is 0.893. The van der Waals surface area contributed by atoms with Gasteiger partial charge in [0.2, 0.25) is 0 Å². The lowest BCUT2D eigenvalue weighted by atomic mass is 10.0. The summed E-state index contributed by atoms with van der Waals surface area (Å²) in [6, 6.07) is 8.76. The molecule has 9 heteroatoms. The van der Waals surface area contributed by atoms with E-state index < -0.39 is 26.0 Å². The van der Waals surface area contributed by atoms with Crippen LogP contribution in [0.2, 0.25) is 0 Å². The zero-order valence-corrected chi connectivity index (χ0v) is 16.1. The minimum atomic E-state index is -3.53. The fourth-order valence-corrected chi connectivity index (χ4v) is 4.26. The number of nitrogens with one attached hydrogen (secondary N) is 1. The van der Waals surface area contributed by atoms with Gasteiger partial charge >= 0.3 is 13.8 Å². The van der Waals surface area contributed by atoms with Gasteiger partial charge in [0.25, 0.3) is 0 Å². The van der Waals surface area contributed by atoms with Gasteiger partial charge in [-0.3, -0.25) is 9.05 Å². The molecule has 1 aliphatic rings. The maximum Gasteiger partial charge on any atom is 0.410 e. The highest BCUT2D eigenvalue weighted by atomic mass is 31.2. The third-order valence-corrected chi connectivity index (χ3v) is 5.81. The molecule has 1 aliphatic heterocycles. The van der Waals surface area contributed by atoms with Crippen LogP contribution in [-0.4, -0.2) is 54.5 Å². The normalized spacial score (nSPS) is 20.8. The summed E-state index contributed by atoms with van der Waals surface area (Å²) in [7, 11) is -3.53. The Morgan fingerprint density at radius 3 is 2.54 bits per heavy atom. The predicted molar refractivity (Wildman–Crippen MR) is 96.6 cm³/mol. The van der Waals surface area contributed by atoms with Crippen LogP contribution < -0.4 is 5.09 Å². The second-order valence-corrected chi connectivity index (χ2v) is 7.68. The van der Waals surface area contributed by atoms with Crippen LogP contribution in [0.1, 0.15) is 25.8 Å². The molecule has 1 fully saturated rings. The first kappa shape index (κ1) is 20.9. The van der Waals surface area contributed by atoms with Gasteiger partial charge in [0.05, 0.1) is 25.4 Å². The number of piperidine rings is 1. The number of likely N-dealkylation sites (tertiary alicyclic amines) is 1. The smallest absolute Gasteiger partial charge is 0.410 e. The molecule has 1 heterocycles. The average Bonchev–Trinajstić information content (AvgIpc) is 2.63. The molecule has 1 aromatic carbocycles. The molecule has 1 saturated heterocycles. The molecule has 0 aliphatic carbocycles. The molecule has 2 N–H and O–H groups in total. The Morgan fingerprint density at radius 2 is 1.92 bits per heavy atom. The number of aliphatic hydroxyl groups is 1. The topological polar surface area (TPSA) is 97.3 Å². The first-order valence-electron chi connectivity index (χ1n) is 8.78. The standard InChI is InChI=1S/C17H27N2O6P/c1-3-24-26(22,25-4-2)18-15-12-19(11-10-16(15)20)17(21)23-13-14-8-6-5-7-9-14/h5-9,15-16,20H,3-4,10-13H2,1-2H3,(H,18,22)/t15-,16-/m1/s1. The van der Waals surface area contributed by atoms with Crippen LogP contribution in [0.4, 0.5) is 4.79 Å². The Kier molecular flexibility index (Phi) is 8.06. The molecule has 26 heavy (non-hydrogen) atoms. The third kappa shape index (κ3) is 6.07. The van der Waals surface area contributed by atoms with Crippen LogP contribution in [-0.2, 0) is 25.0 Å². The lowest BCUT2D eigenvalue weighted by molar-refractivity contribution is 0.0365. The molecular weight excluding hydrogens is 359 g/mol. The van der Waals surface area contributed by atoms with Gasteiger partial charge in [0.1, 0.15) is 6.61 Å². The second-order valence-electron chi connectivity index (χ2n) is 5.91. The van der Waals surface area contributed by atoms with Crippen molar-refractivity contribution in [2.45, 2.75) is 39.0 Å². The summed E-state index contributed by atoms with van der Waals surface area (Å²) >= 11 is 0. The minimum absolute atomic E-state index is 0.152. The lowest BCUT2D eigenvalue weighted by Crippen LogP contribution is -2.54. The Bertz CT molecular complexity index is 605. The zero-order chi connectivity index (χ0) is 19.0. The summed E-state index contributed by atoms with van der Waals surface area (Å²) in [6.45, 7) is 4.51. The van der Waals surface area contributed by atoms with Gasteiger partial charge in [0, 0.05) is 13.1 Å². The van der Waals surface area contributed by atoms with Gasteiger partial charge in [-0.1, -0.05) is 30.3 Å². The van der Waals surface area contributed by atoms with Gasteiger partial charge in [-0.05, 0) is 25.8 Å². The molecule has 0 unspecified atom stereocenters. The number of benzene rings is 1. The molecule has 146 valence electrons. The Morgan fingerprint density at radius 1 is 1.27 bits per heavy atom. The van der Waals surface area contributed by atoms with Gasteiger partial charge < -0.3 is 14.7 Å². The van der Waals surface area contributed by atoms with Crippen LogP contribution in [0, 0.1) is 0 Å².